The molecule has 1 fully saturated rings. The molecule has 4 rings (SSSR count). The number of rotatable bonds is 9. The van der Waals surface area contributed by atoms with Crippen molar-refractivity contribution in [1.82, 2.24) is 14.9 Å². The Morgan fingerprint density at radius 3 is 2.69 bits per heavy atom. The molecule has 4 heterocycles. The van der Waals surface area contributed by atoms with Crippen molar-refractivity contribution in [2.75, 3.05) is 36.9 Å². The summed E-state index contributed by atoms with van der Waals surface area (Å²) in [5, 5.41) is 14.8. The van der Waals surface area contributed by atoms with E-state index in [-0.39, 0.29) is 11.4 Å². The minimum Gasteiger partial charge on any atom is -0.481 e. The molecule has 1 aliphatic heterocycles. The quantitative estimate of drug-likeness (QED) is 0.364. The number of halogens is 2. The summed E-state index contributed by atoms with van der Waals surface area (Å²) < 4.78 is 14.9. The van der Waals surface area contributed by atoms with Gasteiger partial charge in [-0.3, -0.25) is 14.9 Å². The molecule has 1 amide bonds. The van der Waals surface area contributed by atoms with Gasteiger partial charge in [0.25, 0.3) is 5.91 Å². The predicted molar refractivity (Wildman–Crippen MR) is 142 cm³/mol. The summed E-state index contributed by atoms with van der Waals surface area (Å²) in [5.74, 6) is -2.25. The molecule has 0 radical (unpaired) electrons. The van der Waals surface area contributed by atoms with Gasteiger partial charge in [-0.05, 0) is 45.0 Å². The van der Waals surface area contributed by atoms with Crippen LogP contribution in [0.4, 0.5) is 15.3 Å². The molecule has 0 aliphatic carbocycles. The van der Waals surface area contributed by atoms with Crippen molar-refractivity contribution in [3.05, 3.63) is 45.0 Å². The van der Waals surface area contributed by atoms with Crippen LogP contribution in [0, 0.1) is 11.7 Å². The van der Waals surface area contributed by atoms with E-state index in [0.29, 0.717) is 42.6 Å². The first-order valence-electron chi connectivity index (χ1n) is 11.6. The first-order chi connectivity index (χ1) is 17.2. The number of anilines is 2. The summed E-state index contributed by atoms with van der Waals surface area (Å²) in [7, 11) is 2.03. The standard InChI is InChI=1S/C24H27ClFN5O3S2/c1-3-6-30(2)12-19-20(18-10-16(25)13-35-18)28-24(36-19)29-22(32)15-9-17(26)21(27-11-15)31-7-4-14(5-8-31)23(33)34/h9-11,13-14H,3-8,12H2,1-2H3,(H,33,34)(H,28,29,32). The normalized spacial score (nSPS) is 14.4. The molecule has 12 heteroatoms. The molecule has 3 aromatic rings. The summed E-state index contributed by atoms with van der Waals surface area (Å²) >= 11 is 9.00. The van der Waals surface area contributed by atoms with Crippen LogP contribution in [0.25, 0.3) is 10.6 Å². The van der Waals surface area contributed by atoms with Gasteiger partial charge in [-0.2, -0.15) is 0 Å². The topological polar surface area (TPSA) is 98.7 Å². The van der Waals surface area contributed by atoms with Gasteiger partial charge in [-0.1, -0.05) is 29.9 Å². The Bertz CT molecular complexity index is 1240. The van der Waals surface area contributed by atoms with Gasteiger partial charge in [0, 0.05) is 36.1 Å². The molecule has 0 spiro atoms. The Morgan fingerprint density at radius 2 is 2.08 bits per heavy atom. The molecule has 0 aromatic carbocycles. The maximum atomic E-state index is 14.9. The van der Waals surface area contributed by atoms with Crippen LogP contribution in [-0.4, -0.2) is 58.5 Å². The van der Waals surface area contributed by atoms with E-state index in [0.717, 1.165) is 34.5 Å². The zero-order valence-electron chi connectivity index (χ0n) is 20.0. The number of hydrogen-bond acceptors (Lipinski definition) is 8. The number of nitrogens with zero attached hydrogens (tertiary/aromatic N) is 4. The Labute approximate surface area is 221 Å². The third-order valence-corrected chi connectivity index (χ3v) is 8.21. The largest absolute Gasteiger partial charge is 0.481 e. The molecule has 36 heavy (non-hydrogen) atoms. The molecule has 192 valence electrons. The highest BCUT2D eigenvalue weighted by Gasteiger charge is 2.27. The number of pyridine rings is 1. The van der Waals surface area contributed by atoms with E-state index in [1.54, 1.807) is 4.90 Å². The van der Waals surface area contributed by atoms with E-state index in [4.69, 9.17) is 16.7 Å². The number of thiazole rings is 1. The zero-order chi connectivity index (χ0) is 25.8. The van der Waals surface area contributed by atoms with Gasteiger partial charge in [-0.25, -0.2) is 14.4 Å². The Morgan fingerprint density at radius 1 is 1.33 bits per heavy atom. The molecule has 0 saturated carbocycles. The van der Waals surface area contributed by atoms with Gasteiger partial charge in [0.2, 0.25) is 0 Å². The molecule has 2 N–H and O–H groups in total. The van der Waals surface area contributed by atoms with Crippen LogP contribution < -0.4 is 10.2 Å². The van der Waals surface area contributed by atoms with Crippen molar-refractivity contribution in [2.24, 2.45) is 5.92 Å². The Balaban J connectivity index is 1.49. The number of aliphatic carboxylic acids is 1. The van der Waals surface area contributed by atoms with Crippen molar-refractivity contribution >= 4 is 57.1 Å². The van der Waals surface area contributed by atoms with E-state index in [1.807, 2.05) is 18.5 Å². The van der Waals surface area contributed by atoms with E-state index in [2.05, 4.69) is 27.1 Å². The molecule has 0 atom stereocenters. The number of thiophene rings is 1. The SMILES string of the molecule is CCCN(C)Cc1sc(NC(=O)c2cnc(N3CCC(C(=O)O)CC3)c(F)c2)nc1-c1cc(Cl)cs1. The molecule has 8 nitrogen and oxygen atoms in total. The molecular formula is C24H27ClFN5O3S2. The average Bonchev–Trinajstić information content (AvgIpc) is 3.44. The van der Waals surface area contributed by atoms with Gasteiger partial charge in [0.1, 0.15) is 0 Å². The van der Waals surface area contributed by atoms with Crippen molar-refractivity contribution < 1.29 is 19.1 Å². The van der Waals surface area contributed by atoms with Crippen LogP contribution >= 0.6 is 34.3 Å². The summed E-state index contributed by atoms with van der Waals surface area (Å²) in [6.45, 7) is 4.52. The lowest BCUT2D eigenvalue weighted by Crippen LogP contribution is -2.37. The lowest BCUT2D eigenvalue weighted by molar-refractivity contribution is -0.142. The fraction of sp³-hybridized carbons (Fsp3) is 0.417. The van der Waals surface area contributed by atoms with Crippen LogP contribution in [0.15, 0.2) is 23.7 Å². The third kappa shape index (κ3) is 6.20. The van der Waals surface area contributed by atoms with Crippen LogP contribution in [0.1, 0.15) is 41.4 Å². The summed E-state index contributed by atoms with van der Waals surface area (Å²) in [6.07, 6.45) is 3.21. The molecule has 3 aromatic heterocycles. The minimum absolute atomic E-state index is 0.0808. The van der Waals surface area contributed by atoms with Crippen LogP contribution in [-0.2, 0) is 11.3 Å². The first kappa shape index (κ1) is 26.5. The number of carboxylic acids is 1. The second kappa shape index (κ2) is 11.6. The van der Waals surface area contributed by atoms with Crippen molar-refractivity contribution in [3.8, 4) is 10.6 Å². The smallest absolute Gasteiger partial charge is 0.306 e. The monoisotopic (exact) mass is 551 g/mol. The Hall–Kier alpha value is -2.60. The molecule has 0 bridgehead atoms. The highest BCUT2D eigenvalue weighted by Crippen LogP contribution is 2.37. The number of carboxylic acid groups (broad SMARTS) is 1. The molecule has 0 unspecified atom stereocenters. The first-order valence-corrected chi connectivity index (χ1v) is 13.7. The highest BCUT2D eigenvalue weighted by atomic mass is 35.5. The third-order valence-electron chi connectivity index (χ3n) is 5.97. The van der Waals surface area contributed by atoms with Crippen LogP contribution in [0.3, 0.4) is 0 Å². The van der Waals surface area contributed by atoms with Gasteiger partial charge >= 0.3 is 5.97 Å². The molecular weight excluding hydrogens is 525 g/mol. The number of piperidine rings is 1. The number of hydrogen-bond donors (Lipinski definition) is 2. The van der Waals surface area contributed by atoms with Gasteiger partial charge in [0.05, 0.1) is 27.1 Å². The summed E-state index contributed by atoms with van der Waals surface area (Å²) in [6, 6.07) is 3.01. The summed E-state index contributed by atoms with van der Waals surface area (Å²) in [5.41, 5.74) is 0.858. The van der Waals surface area contributed by atoms with Crippen molar-refractivity contribution in [1.29, 1.82) is 0 Å². The Kier molecular flexibility index (Phi) is 8.55. The number of amides is 1. The second-order valence-corrected chi connectivity index (χ2v) is 11.2. The number of nitrogens with one attached hydrogen (secondary N) is 1. The lowest BCUT2D eigenvalue weighted by Gasteiger charge is -2.31. The van der Waals surface area contributed by atoms with Gasteiger partial charge < -0.3 is 14.9 Å². The lowest BCUT2D eigenvalue weighted by atomic mass is 9.97. The number of carbonyl (C=O) groups excluding carboxylic acids is 1. The zero-order valence-corrected chi connectivity index (χ0v) is 22.4. The van der Waals surface area contributed by atoms with E-state index < -0.39 is 23.6 Å². The van der Waals surface area contributed by atoms with Crippen molar-refractivity contribution in [2.45, 2.75) is 32.7 Å². The summed E-state index contributed by atoms with van der Waals surface area (Å²) in [4.78, 5) is 38.7. The average molecular weight is 552 g/mol. The van der Waals surface area contributed by atoms with E-state index >= 15 is 0 Å². The molecule has 1 saturated heterocycles. The van der Waals surface area contributed by atoms with E-state index in [1.165, 1.54) is 28.9 Å². The number of aromatic nitrogens is 2. The fourth-order valence-corrected chi connectivity index (χ4v) is 6.35. The van der Waals surface area contributed by atoms with Crippen molar-refractivity contribution in [3.63, 3.8) is 0 Å². The maximum Gasteiger partial charge on any atom is 0.306 e. The van der Waals surface area contributed by atoms with Crippen LogP contribution in [0.2, 0.25) is 5.02 Å². The predicted octanol–water partition coefficient (Wildman–Crippen LogP) is 5.45. The highest BCUT2D eigenvalue weighted by molar-refractivity contribution is 7.17. The fourth-order valence-electron chi connectivity index (χ4n) is 4.14. The minimum atomic E-state index is -0.831. The van der Waals surface area contributed by atoms with Gasteiger partial charge in [-0.15, -0.1) is 11.3 Å². The second-order valence-electron chi connectivity index (χ2n) is 8.74. The van der Waals surface area contributed by atoms with Crippen LogP contribution in [0.5, 0.6) is 0 Å². The number of carbonyl (C=O) groups is 2. The van der Waals surface area contributed by atoms with E-state index in [9.17, 15) is 14.0 Å². The molecule has 1 aliphatic rings. The maximum absolute atomic E-state index is 14.9. The van der Waals surface area contributed by atoms with Gasteiger partial charge in [0.15, 0.2) is 16.8 Å².